The van der Waals surface area contributed by atoms with Crippen LogP contribution in [-0.2, 0) is 13.0 Å². The average molecular weight is 434 g/mol. The lowest BCUT2D eigenvalue weighted by atomic mass is 10.1. The number of halogens is 1. The van der Waals surface area contributed by atoms with Crippen LogP contribution >= 0.6 is 11.6 Å². The number of anilines is 2. The van der Waals surface area contributed by atoms with Crippen molar-refractivity contribution in [2.75, 3.05) is 16.8 Å². The predicted octanol–water partition coefficient (Wildman–Crippen LogP) is 5.48. The molecule has 3 aromatic carbocycles. The van der Waals surface area contributed by atoms with Gasteiger partial charge < -0.3 is 15.5 Å². The molecular weight excluding hydrogens is 410 g/mol. The van der Waals surface area contributed by atoms with E-state index in [-0.39, 0.29) is 11.9 Å². The van der Waals surface area contributed by atoms with Crippen LogP contribution in [0.3, 0.4) is 0 Å². The Bertz CT molecular complexity index is 1140. The fraction of sp³-hybridized carbons (Fsp3) is 0.200. The highest BCUT2D eigenvalue weighted by Crippen LogP contribution is 2.30. The molecule has 3 amide bonds. The second kappa shape index (κ2) is 8.82. The fourth-order valence-corrected chi connectivity index (χ4v) is 3.85. The molecule has 1 aliphatic rings. The number of amides is 3. The number of urea groups is 1. The molecule has 5 nitrogen and oxygen atoms in total. The molecule has 0 saturated heterocycles. The van der Waals surface area contributed by atoms with Crippen molar-refractivity contribution < 1.29 is 9.59 Å². The molecule has 0 saturated carbocycles. The summed E-state index contributed by atoms with van der Waals surface area (Å²) in [4.78, 5) is 27.2. The third kappa shape index (κ3) is 4.72. The van der Waals surface area contributed by atoms with Gasteiger partial charge in [-0.1, -0.05) is 47.5 Å². The maximum absolute atomic E-state index is 13.0. The van der Waals surface area contributed by atoms with Crippen molar-refractivity contribution in [2.24, 2.45) is 0 Å². The molecule has 0 aliphatic carbocycles. The smallest absolute Gasteiger partial charge is 0.319 e. The molecule has 3 aromatic rings. The number of nitrogens with one attached hydrogen (secondary N) is 2. The van der Waals surface area contributed by atoms with Gasteiger partial charge in [-0.3, -0.25) is 4.79 Å². The molecule has 0 spiro atoms. The third-order valence-electron chi connectivity index (χ3n) is 5.49. The summed E-state index contributed by atoms with van der Waals surface area (Å²) < 4.78 is 0. The van der Waals surface area contributed by atoms with Crippen molar-refractivity contribution in [3.8, 4) is 0 Å². The van der Waals surface area contributed by atoms with Crippen LogP contribution in [0.15, 0.2) is 60.7 Å². The minimum atomic E-state index is -0.307. The van der Waals surface area contributed by atoms with Gasteiger partial charge in [0, 0.05) is 35.1 Å². The van der Waals surface area contributed by atoms with Crippen LogP contribution in [0.5, 0.6) is 0 Å². The standard InChI is InChI=1S/C25H24ClN3O2/c1-16-3-7-20(8-4-16)24(30)29-12-11-19-9-6-18(13-23(19)29)15-27-25(31)28-22-14-21(26)10-5-17(22)2/h3-10,13-14H,11-12,15H2,1-2H3,(H2,27,28,31). The lowest BCUT2D eigenvalue weighted by Crippen LogP contribution is -2.30. The highest BCUT2D eigenvalue weighted by molar-refractivity contribution is 6.31. The Labute approximate surface area is 187 Å². The lowest BCUT2D eigenvalue weighted by molar-refractivity contribution is 0.0989. The van der Waals surface area contributed by atoms with Crippen LogP contribution in [0.4, 0.5) is 16.2 Å². The van der Waals surface area contributed by atoms with Crippen molar-refractivity contribution in [3.05, 3.63) is 93.5 Å². The molecule has 0 fully saturated rings. The summed E-state index contributed by atoms with van der Waals surface area (Å²) in [6.45, 7) is 4.92. The Morgan fingerprint density at radius 3 is 2.55 bits per heavy atom. The van der Waals surface area contributed by atoms with Gasteiger partial charge in [-0.25, -0.2) is 4.79 Å². The fourth-order valence-electron chi connectivity index (χ4n) is 3.68. The van der Waals surface area contributed by atoms with E-state index in [0.29, 0.717) is 29.4 Å². The first-order valence-electron chi connectivity index (χ1n) is 10.2. The summed E-state index contributed by atoms with van der Waals surface area (Å²) >= 11 is 6.01. The SMILES string of the molecule is Cc1ccc(C(=O)N2CCc3ccc(CNC(=O)Nc4cc(Cl)ccc4C)cc32)cc1. The van der Waals surface area contributed by atoms with Gasteiger partial charge in [0.2, 0.25) is 0 Å². The van der Waals surface area contributed by atoms with Crippen LogP contribution in [0, 0.1) is 13.8 Å². The van der Waals surface area contributed by atoms with Gasteiger partial charge in [-0.15, -0.1) is 0 Å². The molecule has 4 rings (SSSR count). The molecule has 158 valence electrons. The van der Waals surface area contributed by atoms with E-state index >= 15 is 0 Å². The number of carbonyl (C=O) groups excluding carboxylic acids is 2. The summed E-state index contributed by atoms with van der Waals surface area (Å²) in [5.41, 5.74) is 6.40. The van der Waals surface area contributed by atoms with Gasteiger partial charge in [0.25, 0.3) is 5.91 Å². The summed E-state index contributed by atoms with van der Waals surface area (Å²) in [7, 11) is 0. The largest absolute Gasteiger partial charge is 0.334 e. The first-order chi connectivity index (χ1) is 14.9. The van der Waals surface area contributed by atoms with E-state index in [1.807, 2.05) is 67.3 Å². The molecule has 1 aliphatic heterocycles. The Balaban J connectivity index is 1.44. The van der Waals surface area contributed by atoms with Crippen molar-refractivity contribution in [1.82, 2.24) is 5.32 Å². The second-order valence-electron chi connectivity index (χ2n) is 7.80. The Morgan fingerprint density at radius 2 is 1.77 bits per heavy atom. The topological polar surface area (TPSA) is 61.4 Å². The molecule has 0 radical (unpaired) electrons. The average Bonchev–Trinajstić information content (AvgIpc) is 3.18. The maximum atomic E-state index is 13.0. The Hall–Kier alpha value is -3.31. The summed E-state index contributed by atoms with van der Waals surface area (Å²) in [6, 6.07) is 18.7. The zero-order valence-electron chi connectivity index (χ0n) is 17.5. The van der Waals surface area contributed by atoms with Gasteiger partial charge in [0.05, 0.1) is 0 Å². The van der Waals surface area contributed by atoms with E-state index < -0.39 is 0 Å². The summed E-state index contributed by atoms with van der Waals surface area (Å²) in [5.74, 6) is -0.00182. The van der Waals surface area contributed by atoms with Crippen molar-refractivity contribution >= 4 is 34.9 Å². The van der Waals surface area contributed by atoms with E-state index in [1.54, 1.807) is 12.1 Å². The molecule has 0 bridgehead atoms. The van der Waals surface area contributed by atoms with Crippen LogP contribution in [0.2, 0.25) is 5.02 Å². The Morgan fingerprint density at radius 1 is 1.00 bits per heavy atom. The molecule has 1 heterocycles. The van der Waals surface area contributed by atoms with E-state index in [0.717, 1.165) is 34.4 Å². The zero-order valence-corrected chi connectivity index (χ0v) is 18.3. The summed E-state index contributed by atoms with van der Waals surface area (Å²) in [5, 5.41) is 6.27. The quantitative estimate of drug-likeness (QED) is 0.572. The van der Waals surface area contributed by atoms with Crippen molar-refractivity contribution in [3.63, 3.8) is 0 Å². The van der Waals surface area contributed by atoms with Crippen molar-refractivity contribution in [2.45, 2.75) is 26.8 Å². The molecule has 2 N–H and O–H groups in total. The third-order valence-corrected chi connectivity index (χ3v) is 5.72. The van der Waals surface area contributed by atoms with Gasteiger partial charge in [0.15, 0.2) is 0 Å². The highest BCUT2D eigenvalue weighted by Gasteiger charge is 2.25. The van der Waals surface area contributed by atoms with Crippen LogP contribution < -0.4 is 15.5 Å². The minimum absolute atomic E-state index is 0.00182. The number of fused-ring (bicyclic) bond motifs is 1. The highest BCUT2D eigenvalue weighted by atomic mass is 35.5. The van der Waals surface area contributed by atoms with Gasteiger partial charge in [0.1, 0.15) is 0 Å². The molecule has 6 heteroatoms. The number of hydrogen-bond donors (Lipinski definition) is 2. The summed E-state index contributed by atoms with van der Waals surface area (Å²) in [6.07, 6.45) is 0.829. The molecule has 0 aromatic heterocycles. The van der Waals surface area contributed by atoms with Crippen molar-refractivity contribution in [1.29, 1.82) is 0 Å². The monoisotopic (exact) mass is 433 g/mol. The zero-order chi connectivity index (χ0) is 22.0. The van der Waals surface area contributed by atoms with Gasteiger partial charge in [-0.05, 0) is 67.3 Å². The van der Waals surface area contributed by atoms with Crippen LogP contribution in [0.1, 0.15) is 32.6 Å². The van der Waals surface area contributed by atoms with E-state index in [9.17, 15) is 9.59 Å². The first kappa shape index (κ1) is 20.9. The van der Waals surface area contributed by atoms with Gasteiger partial charge in [-0.2, -0.15) is 0 Å². The number of carbonyl (C=O) groups is 2. The second-order valence-corrected chi connectivity index (χ2v) is 8.24. The van der Waals surface area contributed by atoms with Crippen LogP contribution in [0.25, 0.3) is 0 Å². The number of benzene rings is 3. The first-order valence-corrected chi connectivity index (χ1v) is 10.6. The minimum Gasteiger partial charge on any atom is -0.334 e. The number of aryl methyl sites for hydroxylation is 2. The predicted molar refractivity (Wildman–Crippen MR) is 125 cm³/mol. The van der Waals surface area contributed by atoms with Gasteiger partial charge >= 0.3 is 6.03 Å². The number of rotatable bonds is 4. The maximum Gasteiger partial charge on any atom is 0.319 e. The normalized spacial score (nSPS) is 12.4. The molecular formula is C25H24ClN3O2. The van der Waals surface area contributed by atoms with E-state index in [4.69, 9.17) is 11.6 Å². The lowest BCUT2D eigenvalue weighted by Gasteiger charge is -2.18. The van der Waals surface area contributed by atoms with Crippen LogP contribution in [-0.4, -0.2) is 18.5 Å². The van der Waals surface area contributed by atoms with E-state index in [1.165, 1.54) is 0 Å². The number of nitrogens with zero attached hydrogens (tertiary/aromatic N) is 1. The van der Waals surface area contributed by atoms with E-state index in [2.05, 4.69) is 10.6 Å². The Kier molecular flexibility index (Phi) is 5.96. The molecule has 0 atom stereocenters. The number of hydrogen-bond acceptors (Lipinski definition) is 2. The molecule has 31 heavy (non-hydrogen) atoms. The molecule has 0 unspecified atom stereocenters.